The van der Waals surface area contributed by atoms with Gasteiger partial charge in [0.05, 0.1) is 0 Å². The van der Waals surface area contributed by atoms with E-state index in [1.807, 2.05) is 0 Å². The molecule has 0 bridgehead atoms. The molecule has 0 atom stereocenters. The molecule has 1 nitrogen and oxygen atoms in total. The summed E-state index contributed by atoms with van der Waals surface area (Å²) in [4.78, 5) is 0. The number of hydrogen-bond acceptors (Lipinski definition) is 1. The quantitative estimate of drug-likeness (QED) is 0.0641. The molecule has 0 fully saturated rings. The molecule has 0 spiro atoms. The maximum atomic E-state index is 3.43. The van der Waals surface area contributed by atoms with E-state index in [1.54, 1.807) is 0 Å². The van der Waals surface area contributed by atoms with Gasteiger partial charge in [-0.1, -0.05) is 277 Å². The number of rotatable bonds is 44. The first kappa shape index (κ1) is 47.0. The largest absolute Gasteiger partial charge is 0.317 e. The normalized spacial score (nSPS) is 11.6. The first-order chi connectivity index (χ1) is 23.4. The molecule has 0 saturated carbocycles. The van der Waals surface area contributed by atoms with Crippen molar-refractivity contribution >= 4 is 0 Å². The molecule has 0 aliphatic rings. The van der Waals surface area contributed by atoms with E-state index in [9.17, 15) is 0 Å². The van der Waals surface area contributed by atoms with E-state index in [0.29, 0.717) is 0 Å². The molecule has 0 radical (unpaired) electrons. The molecule has 0 saturated heterocycles. The lowest BCUT2D eigenvalue weighted by molar-refractivity contribution is 0.508. The van der Waals surface area contributed by atoms with Crippen LogP contribution in [0.2, 0.25) is 0 Å². The predicted octanol–water partition coefficient (Wildman–Crippen LogP) is 17.0. The fourth-order valence-electron chi connectivity index (χ4n) is 7.57. The number of nitrogens with one attached hydrogen (secondary N) is 1. The molecule has 0 aromatic carbocycles. The molecule has 0 aromatic rings. The zero-order chi connectivity index (χ0) is 33.8. The van der Waals surface area contributed by atoms with Gasteiger partial charge in [0, 0.05) is 0 Å². The van der Waals surface area contributed by atoms with Gasteiger partial charge in [0.1, 0.15) is 0 Å². The Morgan fingerprint density at radius 1 is 0.191 bits per heavy atom. The lowest BCUT2D eigenvalue weighted by atomic mass is 10.0. The van der Waals surface area contributed by atoms with Crippen LogP contribution < -0.4 is 5.32 Å². The second kappa shape index (κ2) is 46.0. The van der Waals surface area contributed by atoms with Gasteiger partial charge in [-0.25, -0.2) is 0 Å². The van der Waals surface area contributed by atoms with Crippen LogP contribution in [0.15, 0.2) is 0 Å². The van der Waals surface area contributed by atoms with Crippen molar-refractivity contribution in [1.82, 2.24) is 5.32 Å². The molecular weight excluding hydrogens is 567 g/mol. The summed E-state index contributed by atoms with van der Waals surface area (Å²) >= 11 is 0. The average Bonchev–Trinajstić information content (AvgIpc) is 3.08. The lowest BCUT2D eigenvalue weighted by Gasteiger charge is -2.05. The minimum atomic E-state index is 1.12. The predicted molar refractivity (Wildman–Crippen MR) is 218 cm³/mol. The van der Waals surface area contributed by atoms with Crippen molar-refractivity contribution in [2.24, 2.45) is 0 Å². The molecule has 0 aliphatic carbocycles. The number of unbranched alkanes of at least 4 members (excludes halogenated alkanes) is 41. The highest BCUT2D eigenvalue weighted by Gasteiger charge is 1.98. The van der Waals surface area contributed by atoms with Gasteiger partial charge < -0.3 is 5.32 Å². The third-order valence-corrected chi connectivity index (χ3v) is 11.0. The minimum absolute atomic E-state index is 1.12. The van der Waals surface area contributed by atoms with Crippen LogP contribution >= 0.6 is 0 Å². The Morgan fingerprint density at radius 3 is 0.489 bits per heavy atom. The summed E-state index contributed by atoms with van der Waals surface area (Å²) in [6.07, 6.45) is 62.2. The van der Waals surface area contributed by atoms with Gasteiger partial charge in [0.15, 0.2) is 0 Å². The molecule has 1 heteroatoms. The third-order valence-electron chi connectivity index (χ3n) is 11.0. The second-order valence-electron chi connectivity index (χ2n) is 15.8. The third kappa shape index (κ3) is 46.0. The van der Waals surface area contributed by atoms with Gasteiger partial charge in [-0.15, -0.1) is 0 Å². The van der Waals surface area contributed by atoms with Crippen molar-refractivity contribution in [1.29, 1.82) is 0 Å². The van der Waals surface area contributed by atoms with Gasteiger partial charge in [-0.05, 0) is 19.5 Å². The second-order valence-corrected chi connectivity index (χ2v) is 15.8. The molecule has 0 amide bonds. The Balaban J connectivity index is 3.03. The van der Waals surface area contributed by atoms with E-state index in [-0.39, 0.29) is 0 Å². The maximum absolute atomic E-state index is 3.43. The van der Waals surface area contributed by atoms with Crippen LogP contribution in [0.3, 0.4) is 0 Å². The van der Waals surface area contributed by atoms with Crippen LogP contribution in [0.4, 0.5) is 0 Å². The summed E-state index contributed by atoms with van der Waals surface area (Å²) in [7, 11) is 0. The smallest absolute Gasteiger partial charge is 0.00490 e. The molecule has 47 heavy (non-hydrogen) atoms. The highest BCUT2D eigenvalue weighted by atomic mass is 14.8. The van der Waals surface area contributed by atoms with E-state index in [1.165, 1.54) is 276 Å². The minimum Gasteiger partial charge on any atom is -0.317 e. The monoisotopic (exact) mass is 662 g/mol. The number of hydrogen-bond donors (Lipinski definition) is 1. The Kier molecular flexibility index (Phi) is 45.9. The van der Waals surface area contributed by atoms with Gasteiger partial charge in [0.25, 0.3) is 0 Å². The van der Waals surface area contributed by atoms with E-state index in [4.69, 9.17) is 0 Å². The molecular formula is C46H95N. The zero-order valence-electron chi connectivity index (χ0n) is 33.6. The van der Waals surface area contributed by atoms with Gasteiger partial charge >= 0.3 is 0 Å². The molecule has 0 aliphatic heterocycles. The van der Waals surface area contributed by atoms with Crippen LogP contribution in [-0.2, 0) is 0 Å². The Bertz CT molecular complexity index is 457. The highest BCUT2D eigenvalue weighted by molar-refractivity contribution is 4.54. The standard InChI is InChI=1S/C46H95N/c1-3-5-6-7-8-9-10-11-12-13-14-15-16-17-18-19-20-21-22-23-24-25-26-27-28-29-30-31-32-33-34-35-36-37-38-39-40-41-42-43-44-45-46-47-4-2/h47H,3-46H2,1-2H3. The summed E-state index contributed by atoms with van der Waals surface area (Å²) in [6.45, 7) is 6.86. The zero-order valence-corrected chi connectivity index (χ0v) is 33.6. The Hall–Kier alpha value is -0.0400. The first-order valence-electron chi connectivity index (χ1n) is 23.1. The lowest BCUT2D eigenvalue weighted by Crippen LogP contribution is -2.13. The highest BCUT2D eigenvalue weighted by Crippen LogP contribution is 2.18. The Morgan fingerprint density at radius 2 is 0.340 bits per heavy atom. The van der Waals surface area contributed by atoms with Crippen molar-refractivity contribution in [3.8, 4) is 0 Å². The fraction of sp³-hybridized carbons (Fsp3) is 1.00. The first-order valence-corrected chi connectivity index (χ1v) is 23.1. The van der Waals surface area contributed by atoms with E-state index >= 15 is 0 Å². The van der Waals surface area contributed by atoms with Crippen molar-refractivity contribution in [3.63, 3.8) is 0 Å². The van der Waals surface area contributed by atoms with Crippen molar-refractivity contribution in [3.05, 3.63) is 0 Å². The van der Waals surface area contributed by atoms with Crippen molar-refractivity contribution < 1.29 is 0 Å². The molecule has 284 valence electrons. The van der Waals surface area contributed by atoms with E-state index in [0.717, 1.165) is 6.54 Å². The summed E-state index contributed by atoms with van der Waals surface area (Å²) < 4.78 is 0. The molecule has 0 aromatic heterocycles. The van der Waals surface area contributed by atoms with Crippen LogP contribution in [0, 0.1) is 0 Å². The van der Waals surface area contributed by atoms with Gasteiger partial charge in [-0.3, -0.25) is 0 Å². The summed E-state index contributed by atoms with van der Waals surface area (Å²) in [5.74, 6) is 0. The topological polar surface area (TPSA) is 12.0 Å². The molecule has 1 N–H and O–H groups in total. The SMILES string of the molecule is CCCCCCCCCCCCCCCCCCCCCCCCCCCCCCCCCCCCCCCCCCCCNCC. The summed E-state index contributed by atoms with van der Waals surface area (Å²) in [6, 6.07) is 0. The van der Waals surface area contributed by atoms with Crippen molar-refractivity contribution in [2.45, 2.75) is 284 Å². The van der Waals surface area contributed by atoms with Crippen LogP contribution in [-0.4, -0.2) is 13.1 Å². The van der Waals surface area contributed by atoms with Gasteiger partial charge in [-0.2, -0.15) is 0 Å². The maximum Gasteiger partial charge on any atom is -0.00490 e. The molecule has 0 heterocycles. The van der Waals surface area contributed by atoms with Crippen LogP contribution in [0.25, 0.3) is 0 Å². The average molecular weight is 662 g/mol. The summed E-state index contributed by atoms with van der Waals surface area (Å²) in [5, 5.41) is 3.43. The van der Waals surface area contributed by atoms with Gasteiger partial charge in [0.2, 0.25) is 0 Å². The molecule has 0 rings (SSSR count). The van der Waals surface area contributed by atoms with Crippen LogP contribution in [0.5, 0.6) is 0 Å². The molecule has 0 unspecified atom stereocenters. The van der Waals surface area contributed by atoms with E-state index < -0.39 is 0 Å². The van der Waals surface area contributed by atoms with E-state index in [2.05, 4.69) is 19.2 Å². The van der Waals surface area contributed by atoms with Crippen LogP contribution in [0.1, 0.15) is 284 Å². The fourth-order valence-corrected chi connectivity index (χ4v) is 7.57. The summed E-state index contributed by atoms with van der Waals surface area (Å²) in [5.41, 5.74) is 0. The van der Waals surface area contributed by atoms with Crippen molar-refractivity contribution in [2.75, 3.05) is 13.1 Å². The Labute approximate surface area is 301 Å².